The molecule has 0 aromatic carbocycles. The Balaban J connectivity index is 2.25. The molecule has 1 fully saturated rings. The summed E-state index contributed by atoms with van der Waals surface area (Å²) < 4.78 is 0. The van der Waals surface area contributed by atoms with Crippen molar-refractivity contribution >= 4 is 17.5 Å². The van der Waals surface area contributed by atoms with Crippen LogP contribution in [-0.2, 0) is 4.79 Å². The maximum absolute atomic E-state index is 12.0. The summed E-state index contributed by atoms with van der Waals surface area (Å²) in [7, 11) is 0. The normalized spacial score (nSPS) is 25.4. The van der Waals surface area contributed by atoms with Crippen molar-refractivity contribution in [2.24, 2.45) is 11.3 Å². The fourth-order valence-corrected chi connectivity index (χ4v) is 2.69. The quantitative estimate of drug-likeness (QED) is 0.584. The van der Waals surface area contributed by atoms with Crippen LogP contribution in [0.3, 0.4) is 0 Å². The Morgan fingerprint density at radius 2 is 2.25 bits per heavy atom. The first kappa shape index (κ1) is 13.8. The number of rotatable bonds is 5. The van der Waals surface area contributed by atoms with E-state index in [2.05, 4.69) is 19.2 Å². The van der Waals surface area contributed by atoms with E-state index in [1.165, 1.54) is 12.8 Å². The van der Waals surface area contributed by atoms with Gasteiger partial charge in [0.05, 0.1) is 0 Å². The van der Waals surface area contributed by atoms with E-state index in [-0.39, 0.29) is 22.6 Å². The van der Waals surface area contributed by atoms with Crippen molar-refractivity contribution in [2.75, 3.05) is 6.54 Å². The van der Waals surface area contributed by atoms with Gasteiger partial charge in [0.15, 0.2) is 0 Å². The van der Waals surface area contributed by atoms with Crippen molar-refractivity contribution in [1.29, 1.82) is 0 Å². The minimum absolute atomic E-state index is 0.184. The van der Waals surface area contributed by atoms with Crippen LogP contribution in [0.5, 0.6) is 0 Å². The van der Waals surface area contributed by atoms with Gasteiger partial charge in [-0.3, -0.25) is 4.79 Å². The van der Waals surface area contributed by atoms with E-state index >= 15 is 0 Å². The Morgan fingerprint density at radius 3 is 2.75 bits per heavy atom. The first-order valence-electron chi connectivity index (χ1n) is 6.35. The molecule has 3 heteroatoms. The van der Waals surface area contributed by atoms with E-state index in [1.54, 1.807) is 0 Å². The zero-order valence-corrected chi connectivity index (χ0v) is 11.4. The molecule has 2 atom stereocenters. The van der Waals surface area contributed by atoms with Crippen molar-refractivity contribution in [3.05, 3.63) is 0 Å². The molecule has 2 nitrogen and oxygen atoms in total. The number of carbonyl (C=O) groups is 1. The third-order valence-corrected chi connectivity index (χ3v) is 3.87. The third kappa shape index (κ3) is 3.97. The molecule has 0 aromatic heterocycles. The van der Waals surface area contributed by atoms with Crippen molar-refractivity contribution in [1.82, 2.24) is 5.32 Å². The van der Waals surface area contributed by atoms with E-state index < -0.39 is 0 Å². The maximum atomic E-state index is 12.0. The SMILES string of the molecule is CC(Cl)CCCNC(=O)C1CCCC1(C)C. The average Bonchev–Trinajstić information content (AvgIpc) is 2.52. The van der Waals surface area contributed by atoms with Crippen LogP contribution in [0.2, 0.25) is 0 Å². The molecule has 0 aliphatic heterocycles. The lowest BCUT2D eigenvalue weighted by molar-refractivity contribution is -0.127. The maximum Gasteiger partial charge on any atom is 0.223 e. The minimum Gasteiger partial charge on any atom is -0.356 e. The van der Waals surface area contributed by atoms with Crippen LogP contribution in [0, 0.1) is 11.3 Å². The van der Waals surface area contributed by atoms with Gasteiger partial charge in [-0.25, -0.2) is 0 Å². The summed E-state index contributed by atoms with van der Waals surface area (Å²) >= 11 is 5.85. The van der Waals surface area contributed by atoms with Crippen LogP contribution in [0.25, 0.3) is 0 Å². The molecule has 1 N–H and O–H groups in total. The monoisotopic (exact) mass is 245 g/mol. The van der Waals surface area contributed by atoms with Gasteiger partial charge in [0.1, 0.15) is 0 Å². The standard InChI is InChI=1S/C13H24ClNO/c1-10(14)6-5-9-15-12(16)11-7-4-8-13(11,2)3/h10-11H,4-9H2,1-3H3,(H,15,16). The zero-order chi connectivity index (χ0) is 12.2. The van der Waals surface area contributed by atoms with E-state index in [0.29, 0.717) is 0 Å². The molecular weight excluding hydrogens is 222 g/mol. The molecule has 0 spiro atoms. The van der Waals surface area contributed by atoms with Crippen molar-refractivity contribution in [3.8, 4) is 0 Å². The summed E-state index contributed by atoms with van der Waals surface area (Å²) in [5.74, 6) is 0.450. The topological polar surface area (TPSA) is 29.1 Å². The minimum atomic E-state index is 0.184. The Hall–Kier alpha value is -0.240. The second-order valence-corrected chi connectivity index (χ2v) is 6.39. The first-order valence-corrected chi connectivity index (χ1v) is 6.79. The fourth-order valence-electron chi connectivity index (χ4n) is 2.53. The molecule has 0 radical (unpaired) electrons. The van der Waals surface area contributed by atoms with E-state index in [1.807, 2.05) is 6.92 Å². The van der Waals surface area contributed by atoms with Gasteiger partial charge in [-0.05, 0) is 38.0 Å². The van der Waals surface area contributed by atoms with Crippen LogP contribution >= 0.6 is 11.6 Å². The van der Waals surface area contributed by atoms with Gasteiger partial charge in [0, 0.05) is 17.8 Å². The largest absolute Gasteiger partial charge is 0.356 e. The summed E-state index contributed by atoms with van der Waals surface area (Å²) in [6, 6.07) is 0. The van der Waals surface area contributed by atoms with Crippen LogP contribution in [0.15, 0.2) is 0 Å². The van der Waals surface area contributed by atoms with Gasteiger partial charge in [-0.15, -0.1) is 11.6 Å². The molecule has 16 heavy (non-hydrogen) atoms. The Morgan fingerprint density at radius 1 is 1.56 bits per heavy atom. The fraction of sp³-hybridized carbons (Fsp3) is 0.923. The molecule has 1 aliphatic rings. The molecular formula is C13H24ClNO. The lowest BCUT2D eigenvalue weighted by atomic mass is 9.81. The number of carbonyl (C=O) groups excluding carboxylic acids is 1. The lowest BCUT2D eigenvalue weighted by Gasteiger charge is -2.25. The first-order chi connectivity index (χ1) is 7.43. The Labute approximate surface area is 104 Å². The van der Waals surface area contributed by atoms with E-state index in [0.717, 1.165) is 25.8 Å². The van der Waals surface area contributed by atoms with Crippen molar-refractivity contribution in [3.63, 3.8) is 0 Å². The van der Waals surface area contributed by atoms with Gasteiger partial charge < -0.3 is 5.32 Å². The molecule has 1 aliphatic carbocycles. The van der Waals surface area contributed by atoms with Crippen LogP contribution in [-0.4, -0.2) is 17.8 Å². The number of alkyl halides is 1. The van der Waals surface area contributed by atoms with Gasteiger partial charge in [-0.1, -0.05) is 20.3 Å². The van der Waals surface area contributed by atoms with Gasteiger partial charge in [0.2, 0.25) is 5.91 Å². The molecule has 2 unspecified atom stereocenters. The number of halogens is 1. The highest BCUT2D eigenvalue weighted by molar-refractivity contribution is 6.20. The predicted octanol–water partition coefficient (Wildman–Crippen LogP) is 3.34. The van der Waals surface area contributed by atoms with Gasteiger partial charge >= 0.3 is 0 Å². The highest BCUT2D eigenvalue weighted by Crippen LogP contribution is 2.42. The molecule has 94 valence electrons. The average molecular weight is 246 g/mol. The zero-order valence-electron chi connectivity index (χ0n) is 10.7. The van der Waals surface area contributed by atoms with Crippen molar-refractivity contribution in [2.45, 2.75) is 58.3 Å². The predicted molar refractivity (Wildman–Crippen MR) is 68.7 cm³/mol. The molecule has 1 rings (SSSR count). The smallest absolute Gasteiger partial charge is 0.223 e. The molecule has 0 bridgehead atoms. The highest BCUT2D eigenvalue weighted by Gasteiger charge is 2.38. The van der Waals surface area contributed by atoms with E-state index in [9.17, 15) is 4.79 Å². The molecule has 0 heterocycles. The molecule has 0 saturated heterocycles. The second-order valence-electron chi connectivity index (χ2n) is 5.65. The Kier molecular flexibility index (Phi) is 5.10. The molecule has 1 amide bonds. The van der Waals surface area contributed by atoms with Crippen molar-refractivity contribution < 1.29 is 4.79 Å². The van der Waals surface area contributed by atoms with Crippen LogP contribution in [0.1, 0.15) is 52.9 Å². The lowest BCUT2D eigenvalue weighted by Crippen LogP contribution is -2.36. The highest BCUT2D eigenvalue weighted by atomic mass is 35.5. The number of hydrogen-bond acceptors (Lipinski definition) is 1. The summed E-state index contributed by atoms with van der Waals surface area (Å²) in [5, 5.41) is 3.25. The van der Waals surface area contributed by atoms with Gasteiger partial charge in [0.25, 0.3) is 0 Å². The summed E-state index contributed by atoms with van der Waals surface area (Å²) in [5.41, 5.74) is 0.184. The summed E-state index contributed by atoms with van der Waals surface area (Å²) in [4.78, 5) is 12.0. The molecule has 0 aromatic rings. The summed E-state index contributed by atoms with van der Waals surface area (Å²) in [6.45, 7) is 7.15. The Bertz CT molecular complexity index is 238. The van der Waals surface area contributed by atoms with Crippen LogP contribution in [0.4, 0.5) is 0 Å². The number of amides is 1. The van der Waals surface area contributed by atoms with Gasteiger partial charge in [-0.2, -0.15) is 0 Å². The number of nitrogens with one attached hydrogen (secondary N) is 1. The third-order valence-electron chi connectivity index (χ3n) is 3.65. The van der Waals surface area contributed by atoms with Crippen LogP contribution < -0.4 is 5.32 Å². The molecule has 1 saturated carbocycles. The number of hydrogen-bond donors (Lipinski definition) is 1. The van der Waals surface area contributed by atoms with E-state index in [4.69, 9.17) is 11.6 Å². The second kappa shape index (κ2) is 5.90. The summed E-state index contributed by atoms with van der Waals surface area (Å²) in [6.07, 6.45) is 5.35.